The molecule has 126 valence electrons. The van der Waals surface area contributed by atoms with Crippen molar-refractivity contribution in [3.05, 3.63) is 36.2 Å². The van der Waals surface area contributed by atoms with Crippen LogP contribution in [0.2, 0.25) is 0 Å². The van der Waals surface area contributed by atoms with Gasteiger partial charge in [0.2, 0.25) is 5.91 Å². The van der Waals surface area contributed by atoms with Crippen molar-refractivity contribution in [1.29, 1.82) is 0 Å². The molecule has 2 aromatic rings. The van der Waals surface area contributed by atoms with E-state index in [1.165, 1.54) is 0 Å². The minimum Gasteiger partial charge on any atom is -0.340 e. The first-order chi connectivity index (χ1) is 11.7. The second-order valence-electron chi connectivity index (χ2n) is 6.76. The molecule has 2 unspecified atom stereocenters. The molecule has 2 heterocycles. The highest BCUT2D eigenvalue weighted by molar-refractivity contribution is 5.81. The van der Waals surface area contributed by atoms with E-state index in [4.69, 9.17) is 0 Å². The van der Waals surface area contributed by atoms with Gasteiger partial charge in [-0.05, 0) is 34.9 Å². The van der Waals surface area contributed by atoms with E-state index in [0.29, 0.717) is 18.4 Å². The number of tetrazole rings is 1. The van der Waals surface area contributed by atoms with Crippen molar-refractivity contribution >= 4 is 5.91 Å². The summed E-state index contributed by atoms with van der Waals surface area (Å²) < 4.78 is 1.78. The fourth-order valence-corrected chi connectivity index (χ4v) is 3.30. The molecule has 1 aliphatic heterocycles. The SMILES string of the molecule is CC1CC1C(=O)N1CCN(Cc2nnnn2-c2ccccc2)CC1. The molecule has 0 bridgehead atoms. The highest BCUT2D eigenvalue weighted by Crippen LogP contribution is 2.39. The van der Waals surface area contributed by atoms with Crippen LogP contribution in [-0.4, -0.2) is 62.1 Å². The van der Waals surface area contributed by atoms with Crippen molar-refractivity contribution in [3.63, 3.8) is 0 Å². The van der Waals surface area contributed by atoms with Crippen molar-refractivity contribution in [1.82, 2.24) is 30.0 Å². The standard InChI is InChI=1S/C17H22N6O/c1-13-11-15(13)17(24)22-9-7-21(8-10-22)12-16-18-19-20-23(16)14-5-3-2-4-6-14/h2-6,13,15H,7-12H2,1H3. The Labute approximate surface area is 141 Å². The number of piperazine rings is 1. The molecule has 1 saturated heterocycles. The lowest BCUT2D eigenvalue weighted by Gasteiger charge is -2.34. The molecule has 7 heteroatoms. The molecule has 2 fully saturated rings. The molecule has 1 saturated carbocycles. The number of aromatic nitrogens is 4. The molecule has 1 amide bonds. The zero-order valence-corrected chi connectivity index (χ0v) is 13.9. The van der Waals surface area contributed by atoms with Crippen LogP contribution in [0.3, 0.4) is 0 Å². The van der Waals surface area contributed by atoms with Crippen LogP contribution >= 0.6 is 0 Å². The van der Waals surface area contributed by atoms with Gasteiger partial charge in [0.1, 0.15) is 0 Å². The number of benzene rings is 1. The number of carbonyl (C=O) groups excluding carboxylic acids is 1. The summed E-state index contributed by atoms with van der Waals surface area (Å²) in [4.78, 5) is 16.6. The van der Waals surface area contributed by atoms with Crippen molar-refractivity contribution in [3.8, 4) is 5.69 Å². The quantitative estimate of drug-likeness (QED) is 0.837. The summed E-state index contributed by atoms with van der Waals surface area (Å²) in [5, 5.41) is 12.1. The predicted molar refractivity (Wildman–Crippen MR) is 88.3 cm³/mol. The number of hydrogen-bond acceptors (Lipinski definition) is 5. The summed E-state index contributed by atoms with van der Waals surface area (Å²) in [6.45, 7) is 6.19. The second kappa shape index (κ2) is 6.32. The lowest BCUT2D eigenvalue weighted by Crippen LogP contribution is -2.49. The van der Waals surface area contributed by atoms with Crippen LogP contribution < -0.4 is 0 Å². The van der Waals surface area contributed by atoms with Gasteiger partial charge in [0.25, 0.3) is 0 Å². The monoisotopic (exact) mass is 326 g/mol. The number of carbonyl (C=O) groups is 1. The summed E-state index contributed by atoms with van der Waals surface area (Å²) in [6.07, 6.45) is 1.06. The van der Waals surface area contributed by atoms with Crippen LogP contribution in [0.15, 0.2) is 30.3 Å². The van der Waals surface area contributed by atoms with Crippen LogP contribution in [0.5, 0.6) is 0 Å². The van der Waals surface area contributed by atoms with E-state index in [0.717, 1.165) is 44.1 Å². The van der Waals surface area contributed by atoms with E-state index in [1.54, 1.807) is 4.68 Å². The summed E-state index contributed by atoms with van der Waals surface area (Å²) in [6, 6.07) is 9.92. The predicted octanol–water partition coefficient (Wildman–Crippen LogP) is 0.962. The Kier molecular flexibility index (Phi) is 4.02. The van der Waals surface area contributed by atoms with Crippen LogP contribution in [-0.2, 0) is 11.3 Å². The van der Waals surface area contributed by atoms with Crippen molar-refractivity contribution in [2.75, 3.05) is 26.2 Å². The Morgan fingerprint density at radius 1 is 1.17 bits per heavy atom. The van der Waals surface area contributed by atoms with Crippen LogP contribution in [0.25, 0.3) is 5.69 Å². The van der Waals surface area contributed by atoms with E-state index in [1.807, 2.05) is 35.2 Å². The fourth-order valence-electron chi connectivity index (χ4n) is 3.30. The number of amides is 1. The average Bonchev–Trinajstić information content (AvgIpc) is 3.17. The molecule has 24 heavy (non-hydrogen) atoms. The first-order valence-electron chi connectivity index (χ1n) is 8.56. The molecule has 1 aromatic heterocycles. The summed E-state index contributed by atoms with van der Waals surface area (Å²) in [7, 11) is 0. The molecule has 1 aliphatic carbocycles. The fraction of sp³-hybridized carbons (Fsp3) is 0.529. The Morgan fingerprint density at radius 2 is 1.88 bits per heavy atom. The van der Waals surface area contributed by atoms with Gasteiger partial charge in [-0.1, -0.05) is 25.1 Å². The van der Waals surface area contributed by atoms with Crippen LogP contribution in [0.1, 0.15) is 19.2 Å². The molecular weight excluding hydrogens is 304 g/mol. The third-order valence-electron chi connectivity index (χ3n) is 5.01. The zero-order chi connectivity index (χ0) is 16.5. The van der Waals surface area contributed by atoms with Crippen molar-refractivity contribution < 1.29 is 4.79 Å². The van der Waals surface area contributed by atoms with Gasteiger partial charge in [-0.25, -0.2) is 0 Å². The largest absolute Gasteiger partial charge is 0.340 e. The van der Waals surface area contributed by atoms with E-state index < -0.39 is 0 Å². The van der Waals surface area contributed by atoms with Crippen molar-refractivity contribution in [2.24, 2.45) is 11.8 Å². The lowest BCUT2D eigenvalue weighted by atomic mass is 10.2. The highest BCUT2D eigenvalue weighted by Gasteiger charge is 2.41. The first-order valence-corrected chi connectivity index (χ1v) is 8.56. The summed E-state index contributed by atoms with van der Waals surface area (Å²) >= 11 is 0. The molecule has 1 aromatic carbocycles. The van der Waals surface area contributed by atoms with Gasteiger partial charge in [-0.15, -0.1) is 5.10 Å². The topological polar surface area (TPSA) is 67.2 Å². The third kappa shape index (κ3) is 3.03. The number of para-hydroxylation sites is 1. The van der Waals surface area contributed by atoms with Gasteiger partial charge in [0.15, 0.2) is 5.82 Å². The molecule has 0 N–H and O–H groups in total. The Hall–Kier alpha value is -2.28. The maximum absolute atomic E-state index is 12.3. The van der Waals surface area contributed by atoms with Gasteiger partial charge < -0.3 is 4.90 Å². The normalized spacial score (nSPS) is 24.1. The van der Waals surface area contributed by atoms with E-state index in [9.17, 15) is 4.79 Å². The molecule has 2 atom stereocenters. The molecule has 2 aliphatic rings. The maximum atomic E-state index is 12.3. The average molecular weight is 326 g/mol. The van der Waals surface area contributed by atoms with Crippen molar-refractivity contribution in [2.45, 2.75) is 19.9 Å². The van der Waals surface area contributed by atoms with Gasteiger partial charge in [0.05, 0.1) is 12.2 Å². The van der Waals surface area contributed by atoms with E-state index in [2.05, 4.69) is 27.3 Å². The smallest absolute Gasteiger partial charge is 0.226 e. The highest BCUT2D eigenvalue weighted by atomic mass is 16.2. The molecule has 0 radical (unpaired) electrons. The number of rotatable bonds is 4. The lowest BCUT2D eigenvalue weighted by molar-refractivity contribution is -0.134. The minimum atomic E-state index is 0.280. The van der Waals surface area contributed by atoms with Crippen LogP contribution in [0, 0.1) is 11.8 Å². The van der Waals surface area contributed by atoms with Gasteiger partial charge in [-0.3, -0.25) is 9.69 Å². The summed E-state index contributed by atoms with van der Waals surface area (Å²) in [5.41, 5.74) is 0.967. The first kappa shape index (κ1) is 15.3. The van der Waals surface area contributed by atoms with E-state index in [-0.39, 0.29) is 5.92 Å². The maximum Gasteiger partial charge on any atom is 0.226 e. The zero-order valence-electron chi connectivity index (χ0n) is 13.9. The van der Waals surface area contributed by atoms with Gasteiger partial charge in [0, 0.05) is 32.1 Å². The van der Waals surface area contributed by atoms with Crippen LogP contribution in [0.4, 0.5) is 0 Å². The molecule has 7 nitrogen and oxygen atoms in total. The Morgan fingerprint density at radius 3 is 2.54 bits per heavy atom. The Balaban J connectivity index is 1.36. The Bertz CT molecular complexity index is 707. The molecular formula is C17H22N6O. The van der Waals surface area contributed by atoms with Gasteiger partial charge in [-0.2, -0.15) is 4.68 Å². The molecule has 0 spiro atoms. The van der Waals surface area contributed by atoms with E-state index >= 15 is 0 Å². The third-order valence-corrected chi connectivity index (χ3v) is 5.01. The summed E-state index contributed by atoms with van der Waals surface area (Å²) in [5.74, 6) is 2.03. The number of hydrogen-bond donors (Lipinski definition) is 0. The van der Waals surface area contributed by atoms with Gasteiger partial charge >= 0.3 is 0 Å². The second-order valence-corrected chi connectivity index (χ2v) is 6.76. The number of nitrogens with zero attached hydrogens (tertiary/aromatic N) is 6. The molecule has 4 rings (SSSR count). The minimum absolute atomic E-state index is 0.280.